The second-order valence-corrected chi connectivity index (χ2v) is 8.26. The first-order valence-corrected chi connectivity index (χ1v) is 10.5. The zero-order valence-electron chi connectivity index (χ0n) is 15.6. The lowest BCUT2D eigenvalue weighted by molar-refractivity contribution is 0.0958. The Bertz CT molecular complexity index is 999. The van der Waals surface area contributed by atoms with Crippen LogP contribution >= 0.6 is 0 Å². The number of carbonyl (C=O) groups is 1. The molecule has 0 atom stereocenters. The van der Waals surface area contributed by atoms with E-state index < -0.39 is 10.0 Å². The highest BCUT2D eigenvalue weighted by atomic mass is 32.2. The van der Waals surface area contributed by atoms with E-state index in [1.165, 1.54) is 28.6 Å². The number of nitrogens with zero attached hydrogens (tertiary/aromatic N) is 1. The smallest absolute Gasteiger partial charge is 0.252 e. The first kappa shape index (κ1) is 19.9. The molecule has 28 heavy (non-hydrogen) atoms. The Morgan fingerprint density at radius 3 is 2.46 bits per heavy atom. The fraction of sp³-hybridized carbons (Fsp3) is 0.286. The standard InChI is InChI=1S/C21H22N2O4S/c1-27-20-9-3-2-7-17(20)8-6-14-22-21(24)18-10-12-19(13-11-18)28(25,26)23-15-4-5-16-23/h2-3,7,9-13H,4-5,14-16H2,1H3,(H,22,24). The summed E-state index contributed by atoms with van der Waals surface area (Å²) >= 11 is 0. The van der Waals surface area contributed by atoms with Gasteiger partial charge in [-0.25, -0.2) is 8.42 Å². The number of amides is 1. The molecule has 1 aliphatic heterocycles. The maximum atomic E-state index is 12.5. The molecule has 1 aliphatic rings. The van der Waals surface area contributed by atoms with Crippen molar-refractivity contribution < 1.29 is 17.9 Å². The number of methoxy groups -OCH3 is 1. The number of carbonyl (C=O) groups excluding carboxylic acids is 1. The van der Waals surface area contributed by atoms with Gasteiger partial charge >= 0.3 is 0 Å². The molecule has 146 valence electrons. The maximum absolute atomic E-state index is 12.5. The summed E-state index contributed by atoms with van der Waals surface area (Å²) in [6, 6.07) is 13.4. The maximum Gasteiger partial charge on any atom is 0.252 e. The highest BCUT2D eigenvalue weighted by Crippen LogP contribution is 2.21. The van der Waals surface area contributed by atoms with Gasteiger partial charge in [0, 0.05) is 18.7 Å². The number of hydrogen-bond acceptors (Lipinski definition) is 4. The van der Waals surface area contributed by atoms with E-state index >= 15 is 0 Å². The van der Waals surface area contributed by atoms with Crippen LogP contribution in [-0.2, 0) is 10.0 Å². The van der Waals surface area contributed by atoms with Crippen LogP contribution in [0.1, 0.15) is 28.8 Å². The van der Waals surface area contributed by atoms with E-state index in [2.05, 4.69) is 17.2 Å². The lowest BCUT2D eigenvalue weighted by Crippen LogP contribution is -2.28. The van der Waals surface area contributed by atoms with Crippen molar-refractivity contribution in [2.45, 2.75) is 17.7 Å². The van der Waals surface area contributed by atoms with E-state index in [-0.39, 0.29) is 17.3 Å². The number of para-hydroxylation sites is 1. The number of hydrogen-bond donors (Lipinski definition) is 1. The van der Waals surface area contributed by atoms with Crippen molar-refractivity contribution in [2.24, 2.45) is 0 Å². The van der Waals surface area contributed by atoms with Crippen LogP contribution in [-0.4, -0.2) is 45.4 Å². The summed E-state index contributed by atoms with van der Waals surface area (Å²) in [6.45, 7) is 1.27. The molecule has 3 rings (SSSR count). The molecule has 0 saturated carbocycles. The first-order valence-electron chi connectivity index (χ1n) is 9.02. The van der Waals surface area contributed by atoms with Gasteiger partial charge in [-0.05, 0) is 49.2 Å². The SMILES string of the molecule is COc1ccccc1C#CCNC(=O)c1ccc(S(=O)(=O)N2CCCC2)cc1. The lowest BCUT2D eigenvalue weighted by atomic mass is 10.2. The predicted molar refractivity (Wildman–Crippen MR) is 107 cm³/mol. The van der Waals surface area contributed by atoms with Crippen molar-refractivity contribution in [3.05, 3.63) is 59.7 Å². The molecule has 1 heterocycles. The van der Waals surface area contributed by atoms with Crippen LogP contribution < -0.4 is 10.1 Å². The van der Waals surface area contributed by atoms with Crippen LogP contribution in [0.3, 0.4) is 0 Å². The minimum atomic E-state index is -3.47. The van der Waals surface area contributed by atoms with Gasteiger partial charge in [-0.1, -0.05) is 24.0 Å². The predicted octanol–water partition coefficient (Wildman–Crippen LogP) is 2.26. The molecule has 2 aromatic carbocycles. The van der Waals surface area contributed by atoms with Gasteiger partial charge in [-0.3, -0.25) is 4.79 Å². The second kappa shape index (κ2) is 8.91. The minimum Gasteiger partial charge on any atom is -0.495 e. The van der Waals surface area contributed by atoms with Crippen molar-refractivity contribution in [2.75, 3.05) is 26.7 Å². The fourth-order valence-corrected chi connectivity index (χ4v) is 4.49. The van der Waals surface area contributed by atoms with E-state index in [9.17, 15) is 13.2 Å². The molecule has 0 bridgehead atoms. The summed E-state index contributed by atoms with van der Waals surface area (Å²) in [7, 11) is -1.89. The fourth-order valence-electron chi connectivity index (χ4n) is 2.97. The van der Waals surface area contributed by atoms with E-state index in [1.807, 2.05) is 24.3 Å². The van der Waals surface area contributed by atoms with Crippen LogP contribution in [0.25, 0.3) is 0 Å². The Labute approximate surface area is 165 Å². The Morgan fingerprint density at radius 1 is 1.11 bits per heavy atom. The van der Waals surface area contributed by atoms with E-state index in [0.29, 0.717) is 24.4 Å². The van der Waals surface area contributed by atoms with Crippen LogP contribution in [0.4, 0.5) is 0 Å². The number of ether oxygens (including phenoxy) is 1. The average molecular weight is 398 g/mol. The summed E-state index contributed by atoms with van der Waals surface area (Å²) in [5.74, 6) is 6.21. The molecule has 1 fully saturated rings. The van der Waals surface area contributed by atoms with Gasteiger partial charge in [-0.15, -0.1) is 0 Å². The van der Waals surface area contributed by atoms with Crippen molar-refractivity contribution >= 4 is 15.9 Å². The number of rotatable bonds is 5. The van der Waals surface area contributed by atoms with Gasteiger partial charge in [0.1, 0.15) is 5.75 Å². The third kappa shape index (κ3) is 4.53. The quantitative estimate of drug-likeness (QED) is 0.784. The molecule has 0 aliphatic carbocycles. The molecule has 0 unspecified atom stereocenters. The van der Waals surface area contributed by atoms with Crippen LogP contribution in [0, 0.1) is 11.8 Å². The number of benzene rings is 2. The lowest BCUT2D eigenvalue weighted by Gasteiger charge is -2.15. The molecular formula is C21H22N2O4S. The molecule has 6 nitrogen and oxygen atoms in total. The van der Waals surface area contributed by atoms with Crippen molar-refractivity contribution in [3.8, 4) is 17.6 Å². The van der Waals surface area contributed by atoms with Crippen molar-refractivity contribution in [1.29, 1.82) is 0 Å². The number of nitrogens with one attached hydrogen (secondary N) is 1. The highest BCUT2D eigenvalue weighted by Gasteiger charge is 2.27. The highest BCUT2D eigenvalue weighted by molar-refractivity contribution is 7.89. The minimum absolute atomic E-state index is 0.171. The molecular weight excluding hydrogens is 376 g/mol. The van der Waals surface area contributed by atoms with Gasteiger partial charge in [0.15, 0.2) is 0 Å². The van der Waals surface area contributed by atoms with E-state index in [4.69, 9.17) is 4.74 Å². The van der Waals surface area contributed by atoms with Crippen LogP contribution in [0.5, 0.6) is 5.75 Å². The molecule has 7 heteroatoms. The third-order valence-corrected chi connectivity index (χ3v) is 6.40. The van der Waals surface area contributed by atoms with E-state index in [1.54, 1.807) is 7.11 Å². The van der Waals surface area contributed by atoms with Gasteiger partial charge in [-0.2, -0.15) is 4.31 Å². The zero-order valence-corrected chi connectivity index (χ0v) is 16.5. The van der Waals surface area contributed by atoms with Crippen molar-refractivity contribution in [1.82, 2.24) is 9.62 Å². The average Bonchev–Trinajstić information content (AvgIpc) is 3.27. The third-order valence-electron chi connectivity index (χ3n) is 4.49. The van der Waals surface area contributed by atoms with Crippen LogP contribution in [0.15, 0.2) is 53.4 Å². The molecule has 2 aromatic rings. The Morgan fingerprint density at radius 2 is 1.79 bits per heavy atom. The Balaban J connectivity index is 1.60. The molecule has 0 spiro atoms. The summed E-state index contributed by atoms with van der Waals surface area (Å²) in [6.07, 6.45) is 1.77. The zero-order chi connectivity index (χ0) is 20.0. The van der Waals surface area contributed by atoms with Gasteiger partial charge in [0.2, 0.25) is 10.0 Å². The first-order chi connectivity index (χ1) is 13.5. The molecule has 1 saturated heterocycles. The Hall–Kier alpha value is -2.82. The molecule has 0 radical (unpaired) electrons. The molecule has 1 N–H and O–H groups in total. The van der Waals surface area contributed by atoms with Crippen molar-refractivity contribution in [3.63, 3.8) is 0 Å². The number of sulfonamides is 1. The second-order valence-electron chi connectivity index (χ2n) is 6.32. The largest absolute Gasteiger partial charge is 0.495 e. The van der Waals surface area contributed by atoms with Crippen LogP contribution in [0.2, 0.25) is 0 Å². The van der Waals surface area contributed by atoms with Gasteiger partial charge in [0.05, 0.1) is 24.1 Å². The normalized spacial score (nSPS) is 14.2. The van der Waals surface area contributed by atoms with E-state index in [0.717, 1.165) is 18.4 Å². The summed E-state index contributed by atoms with van der Waals surface area (Å²) in [5, 5.41) is 2.71. The monoisotopic (exact) mass is 398 g/mol. The van der Waals surface area contributed by atoms with Gasteiger partial charge < -0.3 is 10.1 Å². The topological polar surface area (TPSA) is 75.7 Å². The summed E-state index contributed by atoms with van der Waals surface area (Å²) in [5.41, 5.74) is 1.13. The Kier molecular flexibility index (Phi) is 6.34. The summed E-state index contributed by atoms with van der Waals surface area (Å²) < 4.78 is 31.7. The molecule has 1 amide bonds. The molecule has 0 aromatic heterocycles. The van der Waals surface area contributed by atoms with Gasteiger partial charge in [0.25, 0.3) is 5.91 Å². The summed E-state index contributed by atoms with van der Waals surface area (Å²) in [4.78, 5) is 12.4.